The van der Waals surface area contributed by atoms with E-state index in [-0.39, 0.29) is 22.8 Å². The van der Waals surface area contributed by atoms with Gasteiger partial charge < -0.3 is 15.0 Å². The Morgan fingerprint density at radius 2 is 1.89 bits per heavy atom. The molecule has 28 heavy (non-hydrogen) atoms. The first kappa shape index (κ1) is 18.8. The number of H-pyrrole nitrogens is 1. The van der Waals surface area contributed by atoms with Gasteiger partial charge in [-0.15, -0.1) is 0 Å². The molecule has 0 radical (unpaired) electrons. The van der Waals surface area contributed by atoms with Crippen LogP contribution in [0.1, 0.15) is 26.5 Å². The van der Waals surface area contributed by atoms with Gasteiger partial charge >= 0.3 is 11.7 Å². The van der Waals surface area contributed by atoms with Gasteiger partial charge in [0.2, 0.25) is 5.78 Å². The topological polar surface area (TPSA) is 150 Å². The third-order valence-corrected chi connectivity index (χ3v) is 4.10. The minimum Gasteiger partial charge on any atom is -0.454 e. The van der Waals surface area contributed by atoms with Crippen LogP contribution in [-0.2, 0) is 11.8 Å². The summed E-state index contributed by atoms with van der Waals surface area (Å²) in [7, 11) is 1.29. The normalized spacial score (nSPS) is 10.6. The average Bonchev–Trinajstić information content (AvgIpc) is 3.06. The van der Waals surface area contributed by atoms with Crippen LogP contribution < -0.4 is 17.0 Å². The summed E-state index contributed by atoms with van der Waals surface area (Å²) >= 11 is 0. The Labute approximate surface area is 157 Å². The number of aromatic amines is 1. The van der Waals surface area contributed by atoms with Crippen molar-refractivity contribution in [3.05, 3.63) is 68.1 Å². The maximum atomic E-state index is 12.5. The van der Waals surface area contributed by atoms with E-state index in [0.717, 1.165) is 4.57 Å². The molecule has 0 spiro atoms. The third-order valence-electron chi connectivity index (χ3n) is 4.10. The maximum Gasteiger partial charge on any atom is 0.344 e. The lowest BCUT2D eigenvalue weighted by atomic mass is 10.1. The number of hydrogen-bond donors (Lipinski definition) is 2. The Kier molecular flexibility index (Phi) is 4.94. The SMILES string of the molecule is Cc1onc(-c2ccccc2)c1C(=O)OCC(=O)c1c(N)n(C)c(=O)[nH]c1=O. The zero-order valence-corrected chi connectivity index (χ0v) is 15.0. The van der Waals surface area contributed by atoms with Crippen LogP contribution in [0.25, 0.3) is 11.3 Å². The molecular weight excluding hydrogens is 368 g/mol. The number of benzene rings is 1. The molecular formula is C18H16N4O6. The summed E-state index contributed by atoms with van der Waals surface area (Å²) in [5.74, 6) is -1.79. The molecule has 0 saturated carbocycles. The second-order valence-electron chi connectivity index (χ2n) is 5.91. The monoisotopic (exact) mass is 384 g/mol. The van der Waals surface area contributed by atoms with Gasteiger partial charge in [0, 0.05) is 12.6 Å². The molecule has 0 amide bonds. The van der Waals surface area contributed by atoms with Crippen molar-refractivity contribution >= 4 is 17.6 Å². The molecule has 3 aromatic rings. The summed E-state index contributed by atoms with van der Waals surface area (Å²) in [6, 6.07) is 8.83. The number of carbonyl (C=O) groups is 2. The molecule has 0 unspecified atom stereocenters. The Bertz CT molecular complexity index is 1170. The first-order valence-corrected chi connectivity index (χ1v) is 8.12. The fourth-order valence-electron chi connectivity index (χ4n) is 2.59. The van der Waals surface area contributed by atoms with E-state index in [1.807, 2.05) is 11.1 Å². The van der Waals surface area contributed by atoms with Gasteiger partial charge in [-0.3, -0.25) is 19.1 Å². The molecule has 0 aliphatic heterocycles. The van der Waals surface area contributed by atoms with Crippen LogP contribution in [0.2, 0.25) is 0 Å². The van der Waals surface area contributed by atoms with Crippen molar-refractivity contribution in [1.29, 1.82) is 0 Å². The van der Waals surface area contributed by atoms with Gasteiger partial charge in [0.15, 0.2) is 6.61 Å². The van der Waals surface area contributed by atoms with Gasteiger partial charge in [-0.2, -0.15) is 0 Å². The van der Waals surface area contributed by atoms with Gasteiger partial charge in [0.25, 0.3) is 5.56 Å². The summed E-state index contributed by atoms with van der Waals surface area (Å²) in [6.07, 6.45) is 0. The number of nitrogens with two attached hydrogens (primary N) is 1. The number of ketones is 1. The zero-order chi connectivity index (χ0) is 20.4. The van der Waals surface area contributed by atoms with Gasteiger partial charge in [-0.1, -0.05) is 35.5 Å². The largest absolute Gasteiger partial charge is 0.454 e. The number of anilines is 1. The van der Waals surface area contributed by atoms with Crippen LogP contribution in [0.15, 0.2) is 44.4 Å². The lowest BCUT2D eigenvalue weighted by Crippen LogP contribution is -2.35. The molecule has 2 heterocycles. The van der Waals surface area contributed by atoms with Crippen molar-refractivity contribution in [2.75, 3.05) is 12.3 Å². The number of carbonyl (C=O) groups excluding carboxylic acids is 2. The predicted molar refractivity (Wildman–Crippen MR) is 98.0 cm³/mol. The molecule has 10 heteroatoms. The molecule has 0 aliphatic rings. The van der Waals surface area contributed by atoms with Gasteiger partial charge in [-0.25, -0.2) is 9.59 Å². The molecule has 0 bridgehead atoms. The Hall–Kier alpha value is -3.95. The number of aryl methyl sites for hydroxylation is 1. The standard InChI is InChI=1S/C18H16N4O6/c1-9-12(14(21-28-9)10-6-4-3-5-7-10)17(25)27-8-11(23)13-15(19)22(2)18(26)20-16(13)24/h3-7H,8,19H2,1-2H3,(H,20,24,26). The number of nitrogens with one attached hydrogen (secondary N) is 1. The number of hydrogen-bond acceptors (Lipinski definition) is 8. The summed E-state index contributed by atoms with van der Waals surface area (Å²) in [5, 5.41) is 3.87. The third kappa shape index (κ3) is 3.34. The van der Waals surface area contributed by atoms with Crippen LogP contribution in [-0.4, -0.2) is 33.1 Å². The van der Waals surface area contributed by atoms with Crippen LogP contribution in [0.3, 0.4) is 0 Å². The Morgan fingerprint density at radius 1 is 1.21 bits per heavy atom. The van der Waals surface area contributed by atoms with E-state index in [1.165, 1.54) is 14.0 Å². The van der Waals surface area contributed by atoms with Crippen molar-refractivity contribution in [1.82, 2.24) is 14.7 Å². The lowest BCUT2D eigenvalue weighted by Gasteiger charge is -2.08. The Balaban J connectivity index is 1.84. The van der Waals surface area contributed by atoms with Gasteiger partial charge in [0.1, 0.15) is 28.4 Å². The minimum atomic E-state index is -0.951. The number of nitrogen functional groups attached to an aromatic ring is 1. The molecule has 2 aromatic heterocycles. The van der Waals surface area contributed by atoms with E-state index in [4.69, 9.17) is 15.0 Å². The minimum absolute atomic E-state index is 0.0707. The highest BCUT2D eigenvalue weighted by Crippen LogP contribution is 2.25. The summed E-state index contributed by atoms with van der Waals surface area (Å²) in [6.45, 7) is 0.788. The molecule has 0 fully saturated rings. The van der Waals surface area contributed by atoms with Crippen LogP contribution in [0, 0.1) is 6.92 Å². The molecule has 3 N–H and O–H groups in total. The molecule has 144 valence electrons. The number of rotatable bonds is 5. The van der Waals surface area contributed by atoms with Crippen LogP contribution >= 0.6 is 0 Å². The average molecular weight is 384 g/mol. The fraction of sp³-hybridized carbons (Fsp3) is 0.167. The molecule has 0 aliphatic carbocycles. The lowest BCUT2D eigenvalue weighted by molar-refractivity contribution is 0.0473. The molecule has 0 saturated heterocycles. The van der Waals surface area contributed by atoms with Gasteiger partial charge in [0.05, 0.1) is 0 Å². The number of aromatic nitrogens is 3. The highest BCUT2D eigenvalue weighted by Gasteiger charge is 2.25. The van der Waals surface area contributed by atoms with E-state index in [1.54, 1.807) is 24.3 Å². The highest BCUT2D eigenvalue weighted by molar-refractivity contribution is 6.03. The van der Waals surface area contributed by atoms with E-state index >= 15 is 0 Å². The van der Waals surface area contributed by atoms with Crippen molar-refractivity contribution < 1.29 is 18.8 Å². The summed E-state index contributed by atoms with van der Waals surface area (Å²) < 4.78 is 11.0. The highest BCUT2D eigenvalue weighted by atomic mass is 16.5. The number of ether oxygens (including phenoxy) is 1. The second-order valence-corrected chi connectivity index (χ2v) is 5.91. The second kappa shape index (κ2) is 7.35. The number of esters is 1. The van der Waals surface area contributed by atoms with E-state index in [9.17, 15) is 19.2 Å². The van der Waals surface area contributed by atoms with E-state index in [0.29, 0.717) is 5.56 Å². The van der Waals surface area contributed by atoms with Crippen molar-refractivity contribution in [3.63, 3.8) is 0 Å². The first-order valence-electron chi connectivity index (χ1n) is 8.12. The summed E-state index contributed by atoms with van der Waals surface area (Å²) in [5.41, 5.74) is 4.48. The van der Waals surface area contributed by atoms with Crippen LogP contribution in [0.4, 0.5) is 5.82 Å². The van der Waals surface area contributed by atoms with E-state index < -0.39 is 35.2 Å². The maximum absolute atomic E-state index is 12.5. The quantitative estimate of drug-likeness (QED) is 0.481. The first-order chi connectivity index (χ1) is 13.3. The van der Waals surface area contributed by atoms with Crippen LogP contribution in [0.5, 0.6) is 0 Å². The smallest absolute Gasteiger partial charge is 0.344 e. The molecule has 0 atom stereocenters. The summed E-state index contributed by atoms with van der Waals surface area (Å²) in [4.78, 5) is 50.2. The zero-order valence-electron chi connectivity index (χ0n) is 15.0. The molecule has 10 nitrogen and oxygen atoms in total. The molecule has 3 rings (SSSR count). The van der Waals surface area contributed by atoms with Crippen molar-refractivity contribution in [2.45, 2.75) is 6.92 Å². The van der Waals surface area contributed by atoms with Crippen molar-refractivity contribution in [2.24, 2.45) is 7.05 Å². The number of nitrogens with zero attached hydrogens (tertiary/aromatic N) is 2. The Morgan fingerprint density at radius 3 is 2.57 bits per heavy atom. The van der Waals surface area contributed by atoms with Gasteiger partial charge in [-0.05, 0) is 6.92 Å². The predicted octanol–water partition coefficient (Wildman–Crippen LogP) is 0.659. The molecule has 1 aromatic carbocycles. The van der Waals surface area contributed by atoms with Crippen molar-refractivity contribution in [3.8, 4) is 11.3 Å². The fourth-order valence-corrected chi connectivity index (χ4v) is 2.59. The van der Waals surface area contributed by atoms with E-state index in [2.05, 4.69) is 5.16 Å². The number of Topliss-reactive ketones (excluding diaryl/α,β-unsaturated/α-hetero) is 1.